The molecule has 0 saturated heterocycles. The highest BCUT2D eigenvalue weighted by atomic mass is 16.6. The Morgan fingerprint density at radius 2 is 1.73 bits per heavy atom. The summed E-state index contributed by atoms with van der Waals surface area (Å²) in [5.74, 6) is 0.129. The molecule has 1 aromatic heterocycles. The van der Waals surface area contributed by atoms with E-state index >= 15 is 0 Å². The van der Waals surface area contributed by atoms with Crippen LogP contribution in [0.3, 0.4) is 0 Å². The van der Waals surface area contributed by atoms with Gasteiger partial charge in [-0.05, 0) is 54.7 Å². The lowest BCUT2D eigenvalue weighted by atomic mass is 9.86. The second-order valence-electron chi connectivity index (χ2n) is 9.26. The maximum Gasteiger partial charge on any atom is 0.343 e. The van der Waals surface area contributed by atoms with Crippen molar-refractivity contribution in [1.82, 2.24) is 4.57 Å². The van der Waals surface area contributed by atoms with Crippen molar-refractivity contribution >= 4 is 23.5 Å². The van der Waals surface area contributed by atoms with E-state index in [-0.39, 0.29) is 11.1 Å². The predicted molar refractivity (Wildman–Crippen MR) is 129 cm³/mol. The quantitative estimate of drug-likeness (QED) is 0.206. The molecule has 168 valence electrons. The lowest BCUT2D eigenvalue weighted by molar-refractivity contribution is -0.384. The van der Waals surface area contributed by atoms with Crippen LogP contribution in [0, 0.1) is 24.0 Å². The van der Waals surface area contributed by atoms with Crippen LogP contribution < -0.4 is 0 Å². The Bertz CT molecular complexity index is 1320. The van der Waals surface area contributed by atoms with Crippen molar-refractivity contribution in [2.75, 3.05) is 0 Å². The van der Waals surface area contributed by atoms with Gasteiger partial charge >= 0.3 is 5.97 Å². The topological polar surface area (TPSA) is 74.4 Å². The van der Waals surface area contributed by atoms with E-state index in [0.717, 1.165) is 22.5 Å². The second kappa shape index (κ2) is 8.20. The number of ether oxygens (including phenoxy) is 1. The predicted octanol–water partition coefficient (Wildman–Crippen LogP) is 6.28. The number of rotatable bonds is 4. The van der Waals surface area contributed by atoms with E-state index in [1.54, 1.807) is 24.3 Å². The van der Waals surface area contributed by atoms with Crippen LogP contribution in [-0.4, -0.2) is 15.5 Å². The number of cyclic esters (lactones) is 1. The average molecular weight is 443 g/mol. The van der Waals surface area contributed by atoms with Crippen molar-refractivity contribution in [2.45, 2.75) is 40.0 Å². The highest BCUT2D eigenvalue weighted by Crippen LogP contribution is 2.31. The Balaban J connectivity index is 1.68. The maximum absolute atomic E-state index is 12.6. The van der Waals surface area contributed by atoms with Crippen molar-refractivity contribution in [3.63, 3.8) is 0 Å². The van der Waals surface area contributed by atoms with E-state index in [2.05, 4.69) is 32.9 Å². The van der Waals surface area contributed by atoms with Crippen LogP contribution in [0.4, 0.5) is 5.69 Å². The van der Waals surface area contributed by atoms with Crippen molar-refractivity contribution in [1.29, 1.82) is 0 Å². The summed E-state index contributed by atoms with van der Waals surface area (Å²) in [7, 11) is 0. The number of benzene rings is 2. The van der Waals surface area contributed by atoms with E-state index in [4.69, 9.17) is 4.74 Å². The third kappa shape index (κ3) is 4.37. The first-order valence-electron chi connectivity index (χ1n) is 10.7. The number of aryl methyl sites for hydroxylation is 1. The van der Waals surface area contributed by atoms with Gasteiger partial charge in [-0.25, -0.2) is 4.79 Å². The van der Waals surface area contributed by atoms with Crippen molar-refractivity contribution in [3.8, 4) is 5.69 Å². The summed E-state index contributed by atoms with van der Waals surface area (Å²) >= 11 is 0. The van der Waals surface area contributed by atoms with Crippen LogP contribution in [0.5, 0.6) is 0 Å². The molecule has 0 atom stereocenters. The van der Waals surface area contributed by atoms with E-state index in [9.17, 15) is 14.9 Å². The van der Waals surface area contributed by atoms with E-state index in [1.165, 1.54) is 11.6 Å². The van der Waals surface area contributed by atoms with Gasteiger partial charge in [0.05, 0.1) is 16.2 Å². The Morgan fingerprint density at radius 3 is 2.36 bits per heavy atom. The summed E-state index contributed by atoms with van der Waals surface area (Å²) in [5.41, 5.74) is 5.94. The molecule has 2 heterocycles. The molecule has 0 spiro atoms. The SMILES string of the molecule is Cc1cc(/C=C2\C=C(c3ccc(C(C)(C)C)cc3)OC2=O)c(C)n1-c1cccc([N+](=O)[O-])c1. The average Bonchev–Trinajstić information content (AvgIpc) is 3.26. The fourth-order valence-electron chi connectivity index (χ4n) is 4.01. The molecular weight excluding hydrogens is 416 g/mol. The summed E-state index contributed by atoms with van der Waals surface area (Å²) in [4.78, 5) is 23.3. The van der Waals surface area contributed by atoms with Crippen LogP contribution in [0.25, 0.3) is 17.5 Å². The van der Waals surface area contributed by atoms with Crippen LogP contribution in [0.2, 0.25) is 0 Å². The van der Waals surface area contributed by atoms with Gasteiger partial charge in [0.2, 0.25) is 0 Å². The number of nitrogens with zero attached hydrogens (tertiary/aromatic N) is 2. The number of nitro groups is 1. The number of non-ortho nitro benzene ring substituents is 1. The largest absolute Gasteiger partial charge is 0.422 e. The van der Waals surface area contributed by atoms with Crippen molar-refractivity contribution < 1.29 is 14.5 Å². The first-order valence-corrected chi connectivity index (χ1v) is 10.7. The monoisotopic (exact) mass is 442 g/mol. The Hall–Kier alpha value is -3.93. The number of aromatic nitrogens is 1. The second-order valence-corrected chi connectivity index (χ2v) is 9.26. The number of carbonyl (C=O) groups excluding carboxylic acids is 1. The Labute approximate surface area is 193 Å². The fourth-order valence-corrected chi connectivity index (χ4v) is 4.01. The highest BCUT2D eigenvalue weighted by molar-refractivity contribution is 6.05. The molecule has 4 rings (SSSR count). The maximum atomic E-state index is 12.6. The van der Waals surface area contributed by atoms with E-state index in [0.29, 0.717) is 17.0 Å². The van der Waals surface area contributed by atoms with Crippen molar-refractivity contribution in [2.24, 2.45) is 0 Å². The van der Waals surface area contributed by atoms with Gasteiger partial charge in [-0.15, -0.1) is 0 Å². The fraction of sp³-hybridized carbons (Fsp3) is 0.222. The van der Waals surface area contributed by atoms with Crippen LogP contribution >= 0.6 is 0 Å². The summed E-state index contributed by atoms with van der Waals surface area (Å²) < 4.78 is 7.47. The van der Waals surface area contributed by atoms with Gasteiger partial charge in [-0.1, -0.05) is 51.1 Å². The molecule has 1 aliphatic rings. The van der Waals surface area contributed by atoms with Gasteiger partial charge in [0.1, 0.15) is 5.76 Å². The number of hydrogen-bond acceptors (Lipinski definition) is 4. The van der Waals surface area contributed by atoms with Gasteiger partial charge < -0.3 is 9.30 Å². The normalized spacial score (nSPS) is 15.0. The zero-order valence-corrected chi connectivity index (χ0v) is 19.4. The molecule has 0 N–H and O–H groups in total. The third-order valence-corrected chi connectivity index (χ3v) is 5.84. The molecule has 3 aromatic rings. The molecule has 0 aliphatic carbocycles. The minimum absolute atomic E-state index is 0.0318. The minimum Gasteiger partial charge on any atom is -0.422 e. The molecule has 33 heavy (non-hydrogen) atoms. The molecule has 0 radical (unpaired) electrons. The first kappa shape index (κ1) is 22.3. The van der Waals surface area contributed by atoms with Crippen LogP contribution in [0.15, 0.2) is 66.2 Å². The molecule has 6 heteroatoms. The molecule has 0 fully saturated rings. The molecule has 2 aromatic carbocycles. The van der Waals surface area contributed by atoms with Gasteiger partial charge in [-0.3, -0.25) is 10.1 Å². The number of carbonyl (C=O) groups is 1. The number of nitro benzene ring substituents is 1. The van der Waals surface area contributed by atoms with Gasteiger partial charge in [0.25, 0.3) is 5.69 Å². The lowest BCUT2D eigenvalue weighted by Gasteiger charge is -2.19. The minimum atomic E-state index is -0.407. The summed E-state index contributed by atoms with van der Waals surface area (Å²) in [6.07, 6.45) is 3.56. The van der Waals surface area contributed by atoms with Gasteiger partial charge in [-0.2, -0.15) is 0 Å². The summed E-state index contributed by atoms with van der Waals surface area (Å²) in [6.45, 7) is 10.3. The molecule has 6 nitrogen and oxygen atoms in total. The van der Waals surface area contributed by atoms with E-state index in [1.807, 2.05) is 42.7 Å². The number of esters is 1. The highest BCUT2D eigenvalue weighted by Gasteiger charge is 2.23. The Morgan fingerprint density at radius 1 is 1.03 bits per heavy atom. The zero-order valence-electron chi connectivity index (χ0n) is 19.4. The molecule has 0 amide bonds. The van der Waals surface area contributed by atoms with Gasteiger partial charge in [0.15, 0.2) is 0 Å². The van der Waals surface area contributed by atoms with E-state index < -0.39 is 10.9 Å². The third-order valence-electron chi connectivity index (χ3n) is 5.84. The molecule has 1 aliphatic heterocycles. The zero-order chi connectivity index (χ0) is 23.9. The van der Waals surface area contributed by atoms with Crippen molar-refractivity contribution in [3.05, 3.63) is 104 Å². The smallest absolute Gasteiger partial charge is 0.343 e. The van der Waals surface area contributed by atoms with Gasteiger partial charge in [0, 0.05) is 29.1 Å². The first-order chi connectivity index (χ1) is 15.5. The number of hydrogen-bond donors (Lipinski definition) is 0. The lowest BCUT2D eigenvalue weighted by Crippen LogP contribution is -2.10. The molecular formula is C27H26N2O4. The molecule has 0 saturated carbocycles. The summed E-state index contributed by atoms with van der Waals surface area (Å²) in [6, 6.07) is 16.5. The summed E-state index contributed by atoms with van der Waals surface area (Å²) in [5, 5.41) is 11.2. The molecule has 0 unspecified atom stereocenters. The Kier molecular flexibility index (Phi) is 5.54. The molecule has 0 bridgehead atoms. The van der Waals surface area contributed by atoms with Crippen LogP contribution in [-0.2, 0) is 14.9 Å². The standard InChI is InChI=1S/C27H26N2O4/c1-17-13-20(18(2)28(17)23-7-6-8-24(16-23)29(31)32)14-21-15-25(33-26(21)30)19-9-11-22(12-10-19)27(3,4)5/h6-16H,1-5H3/b21-14+. The van der Waals surface area contributed by atoms with Crippen LogP contribution in [0.1, 0.15) is 48.8 Å².